The van der Waals surface area contributed by atoms with Gasteiger partial charge in [-0.3, -0.25) is 9.59 Å². The first-order valence-electron chi connectivity index (χ1n) is 9.32. The van der Waals surface area contributed by atoms with E-state index in [1.807, 2.05) is 20.8 Å². The zero-order chi connectivity index (χ0) is 20.7. The van der Waals surface area contributed by atoms with Crippen LogP contribution in [0.5, 0.6) is 0 Å². The minimum absolute atomic E-state index is 0.0927. The predicted molar refractivity (Wildman–Crippen MR) is 115 cm³/mol. The van der Waals surface area contributed by atoms with E-state index in [0.29, 0.717) is 16.2 Å². The molecule has 0 aliphatic carbocycles. The number of hydrogen-bond acceptors (Lipinski definition) is 3. The molecule has 0 saturated carbocycles. The number of thiocarbonyl (C=S) groups is 1. The maximum absolute atomic E-state index is 12.3. The van der Waals surface area contributed by atoms with E-state index in [9.17, 15) is 9.59 Å². The summed E-state index contributed by atoms with van der Waals surface area (Å²) in [5.41, 5.74) is -0.167. The minimum atomic E-state index is -0.342. The van der Waals surface area contributed by atoms with Crippen LogP contribution in [0.15, 0.2) is 9.59 Å². The van der Waals surface area contributed by atoms with Crippen LogP contribution in [0.25, 0.3) is 0 Å². The molecule has 0 bridgehead atoms. The zero-order valence-electron chi connectivity index (χ0n) is 18.1. The Bertz CT molecular complexity index is 739. The lowest BCUT2D eigenvalue weighted by Crippen LogP contribution is -2.54. The van der Waals surface area contributed by atoms with Crippen LogP contribution in [-0.2, 0) is 10.8 Å². The van der Waals surface area contributed by atoms with Crippen LogP contribution in [0.1, 0.15) is 93.2 Å². The topological polar surface area (TPSA) is 58.2 Å². The van der Waals surface area contributed by atoms with Crippen molar-refractivity contribution in [1.82, 2.24) is 10.6 Å². The van der Waals surface area contributed by atoms with Gasteiger partial charge >= 0.3 is 0 Å². The molecule has 0 radical (unpaired) electrons. The van der Waals surface area contributed by atoms with E-state index in [1.54, 1.807) is 0 Å². The summed E-state index contributed by atoms with van der Waals surface area (Å²) >= 11 is 5.41. The molecule has 0 aliphatic rings. The van der Waals surface area contributed by atoms with E-state index >= 15 is 0 Å². The fourth-order valence-corrected chi connectivity index (χ4v) is 3.83. The van der Waals surface area contributed by atoms with Gasteiger partial charge < -0.3 is 10.6 Å². The summed E-state index contributed by atoms with van der Waals surface area (Å²) in [4.78, 5) is 24.4. The first kappa shape index (κ1) is 22.8. The Hall–Kier alpha value is -1.23. The molecular formula is C21H36N2O2S. The van der Waals surface area contributed by atoms with Crippen LogP contribution < -0.4 is 21.5 Å². The Labute approximate surface area is 163 Å². The van der Waals surface area contributed by atoms with Gasteiger partial charge in [0, 0.05) is 22.2 Å². The second kappa shape index (κ2) is 7.06. The lowest BCUT2D eigenvalue weighted by atomic mass is 9.68. The zero-order valence-corrected chi connectivity index (χ0v) is 19.0. The maximum Gasteiger partial charge on any atom is 0.230 e. The third-order valence-electron chi connectivity index (χ3n) is 4.65. The Balaban J connectivity index is 2.89. The molecule has 0 aliphatic heterocycles. The highest BCUT2D eigenvalue weighted by Crippen LogP contribution is 2.35. The van der Waals surface area contributed by atoms with Crippen LogP contribution in [0.3, 0.4) is 0 Å². The SMILES string of the molecule is CC(C)(C)NC(=S)NC(C)(C)CCC(C)(C)c1c(C(C)(C)C)c(=O)c1=O. The third kappa shape index (κ3) is 5.63. The van der Waals surface area contributed by atoms with Crippen molar-refractivity contribution in [3.63, 3.8) is 0 Å². The molecule has 1 rings (SSSR count). The van der Waals surface area contributed by atoms with Gasteiger partial charge in [-0.1, -0.05) is 34.6 Å². The van der Waals surface area contributed by atoms with Gasteiger partial charge in [0.15, 0.2) is 5.11 Å². The first-order valence-corrected chi connectivity index (χ1v) is 9.73. The fourth-order valence-electron chi connectivity index (χ4n) is 3.24. The number of rotatable bonds is 5. The molecule has 0 spiro atoms. The van der Waals surface area contributed by atoms with Crippen LogP contribution in [0, 0.1) is 0 Å². The van der Waals surface area contributed by atoms with Gasteiger partial charge in [-0.25, -0.2) is 0 Å². The maximum atomic E-state index is 12.3. The van der Waals surface area contributed by atoms with Gasteiger partial charge in [0.05, 0.1) is 0 Å². The Morgan fingerprint density at radius 2 is 1.23 bits per heavy atom. The summed E-state index contributed by atoms with van der Waals surface area (Å²) in [5, 5.41) is 7.27. The Kier molecular flexibility index (Phi) is 6.20. The molecule has 0 fully saturated rings. The lowest BCUT2D eigenvalue weighted by Gasteiger charge is -2.37. The molecule has 0 aromatic heterocycles. The van der Waals surface area contributed by atoms with E-state index in [1.165, 1.54) is 0 Å². The van der Waals surface area contributed by atoms with Crippen molar-refractivity contribution in [3.8, 4) is 0 Å². The molecule has 5 heteroatoms. The van der Waals surface area contributed by atoms with Gasteiger partial charge in [0.1, 0.15) is 0 Å². The molecule has 0 unspecified atom stereocenters. The molecule has 2 N–H and O–H groups in total. The number of hydrogen-bond donors (Lipinski definition) is 2. The third-order valence-corrected chi connectivity index (χ3v) is 4.86. The molecule has 1 aromatic rings. The molecule has 4 nitrogen and oxygen atoms in total. The molecule has 0 atom stereocenters. The molecule has 148 valence electrons. The van der Waals surface area contributed by atoms with E-state index in [4.69, 9.17) is 12.2 Å². The number of nitrogens with one attached hydrogen (secondary N) is 2. The summed E-state index contributed by atoms with van der Waals surface area (Å²) < 4.78 is 0. The van der Waals surface area contributed by atoms with Crippen LogP contribution in [0.2, 0.25) is 0 Å². The van der Waals surface area contributed by atoms with Gasteiger partial charge in [0.25, 0.3) is 0 Å². The highest BCUT2D eigenvalue weighted by Gasteiger charge is 2.39. The van der Waals surface area contributed by atoms with Crippen LogP contribution >= 0.6 is 12.2 Å². The fraction of sp³-hybridized carbons (Fsp3) is 0.762. The van der Waals surface area contributed by atoms with Crippen molar-refractivity contribution in [1.29, 1.82) is 0 Å². The average molecular weight is 381 g/mol. The van der Waals surface area contributed by atoms with Crippen molar-refractivity contribution in [2.75, 3.05) is 0 Å². The summed E-state index contributed by atoms with van der Waals surface area (Å²) in [6, 6.07) is 0. The minimum Gasteiger partial charge on any atom is -0.358 e. The molecule has 1 aromatic carbocycles. The van der Waals surface area contributed by atoms with Gasteiger partial charge in [0.2, 0.25) is 10.9 Å². The molecular weight excluding hydrogens is 344 g/mol. The van der Waals surface area contributed by atoms with Crippen molar-refractivity contribution in [3.05, 3.63) is 31.6 Å². The molecule has 0 heterocycles. The first-order chi connectivity index (χ1) is 11.4. The molecule has 26 heavy (non-hydrogen) atoms. The van der Waals surface area contributed by atoms with Gasteiger partial charge in [-0.15, -0.1) is 0 Å². The van der Waals surface area contributed by atoms with E-state index < -0.39 is 0 Å². The van der Waals surface area contributed by atoms with E-state index in [2.05, 4.69) is 59.1 Å². The monoisotopic (exact) mass is 380 g/mol. The quantitative estimate of drug-likeness (QED) is 0.603. The smallest absolute Gasteiger partial charge is 0.230 e. The second-order valence-electron chi connectivity index (χ2n) is 10.8. The van der Waals surface area contributed by atoms with Crippen molar-refractivity contribution in [2.24, 2.45) is 0 Å². The second-order valence-corrected chi connectivity index (χ2v) is 11.2. The highest BCUT2D eigenvalue weighted by atomic mass is 32.1. The molecule has 0 saturated heterocycles. The highest BCUT2D eigenvalue weighted by molar-refractivity contribution is 7.80. The summed E-state index contributed by atoms with van der Waals surface area (Å²) in [7, 11) is 0. The largest absolute Gasteiger partial charge is 0.358 e. The lowest BCUT2D eigenvalue weighted by molar-refractivity contribution is 0.339. The molecule has 0 amide bonds. The predicted octanol–water partition coefficient (Wildman–Crippen LogP) is 3.68. The van der Waals surface area contributed by atoms with E-state index in [0.717, 1.165) is 12.8 Å². The summed E-state index contributed by atoms with van der Waals surface area (Å²) in [6.45, 7) is 20.5. The van der Waals surface area contributed by atoms with Crippen molar-refractivity contribution >= 4 is 17.3 Å². The average Bonchev–Trinajstić information content (AvgIpc) is 2.37. The Morgan fingerprint density at radius 1 is 0.769 bits per heavy atom. The van der Waals surface area contributed by atoms with E-state index in [-0.39, 0.29) is 32.8 Å². The van der Waals surface area contributed by atoms with Gasteiger partial charge in [-0.05, 0) is 70.5 Å². The van der Waals surface area contributed by atoms with Crippen molar-refractivity contribution in [2.45, 2.75) is 104 Å². The van der Waals surface area contributed by atoms with Crippen molar-refractivity contribution < 1.29 is 0 Å². The summed E-state index contributed by atoms with van der Waals surface area (Å²) in [5.74, 6) is 0. The van der Waals surface area contributed by atoms with Gasteiger partial charge in [-0.2, -0.15) is 0 Å². The normalized spacial score (nSPS) is 13.8. The van der Waals surface area contributed by atoms with Crippen LogP contribution in [0.4, 0.5) is 0 Å². The summed E-state index contributed by atoms with van der Waals surface area (Å²) in [6.07, 6.45) is 1.62. The van der Waals surface area contributed by atoms with Crippen LogP contribution in [-0.4, -0.2) is 16.2 Å². The Morgan fingerprint density at radius 3 is 1.65 bits per heavy atom. The standard InChI is InChI=1S/C21H36N2O2S/c1-18(2,3)13-14(16(25)15(13)24)20(7,8)11-12-21(9,10)23-17(26)22-19(4,5)6/h11-12H2,1-10H3,(H2,22,23,26).